The van der Waals surface area contributed by atoms with Gasteiger partial charge < -0.3 is 0 Å². The van der Waals surface area contributed by atoms with Crippen LogP contribution in [0.2, 0.25) is 0 Å². The minimum Gasteiger partial charge on any atom is -0.275 e. The van der Waals surface area contributed by atoms with Crippen molar-refractivity contribution in [2.24, 2.45) is 24.2 Å². The molecule has 1 aromatic rings. The molecule has 1 aliphatic carbocycles. The monoisotopic (exact) mass is 194 g/mol. The predicted octanol–water partition coefficient (Wildman–Crippen LogP) is 0.971. The standard InChI is InChI=1S/C10H18N4/c1-10(2)6-7(10)9(12-11)8-4-5-14(3)13-8/h4-5,7,9,12H,6,11H2,1-3H3. The summed E-state index contributed by atoms with van der Waals surface area (Å²) < 4.78 is 1.81. The van der Waals surface area contributed by atoms with E-state index in [9.17, 15) is 0 Å². The molecule has 2 unspecified atom stereocenters. The molecule has 78 valence electrons. The molecule has 0 aliphatic heterocycles. The number of hydrogen-bond donors (Lipinski definition) is 2. The molecule has 1 heterocycles. The van der Waals surface area contributed by atoms with Gasteiger partial charge in [-0.1, -0.05) is 13.8 Å². The van der Waals surface area contributed by atoms with Crippen LogP contribution in [0.5, 0.6) is 0 Å². The molecule has 0 amide bonds. The van der Waals surface area contributed by atoms with E-state index < -0.39 is 0 Å². The minimum atomic E-state index is 0.200. The first-order valence-electron chi connectivity index (χ1n) is 5.00. The largest absolute Gasteiger partial charge is 0.275 e. The summed E-state index contributed by atoms with van der Waals surface area (Å²) in [6.45, 7) is 4.54. The van der Waals surface area contributed by atoms with Gasteiger partial charge in [-0.2, -0.15) is 5.10 Å². The van der Waals surface area contributed by atoms with Crippen molar-refractivity contribution in [1.82, 2.24) is 15.2 Å². The summed E-state index contributed by atoms with van der Waals surface area (Å²) in [4.78, 5) is 0. The van der Waals surface area contributed by atoms with Crippen LogP contribution in [0.1, 0.15) is 32.0 Å². The van der Waals surface area contributed by atoms with E-state index in [1.54, 1.807) is 0 Å². The van der Waals surface area contributed by atoms with Crippen LogP contribution in [0.25, 0.3) is 0 Å². The Labute approximate surface area is 84.4 Å². The van der Waals surface area contributed by atoms with Crippen LogP contribution in [0.4, 0.5) is 0 Å². The molecule has 4 heteroatoms. The Morgan fingerprint density at radius 1 is 1.71 bits per heavy atom. The normalized spacial score (nSPS) is 26.1. The zero-order valence-corrected chi connectivity index (χ0v) is 8.99. The minimum absolute atomic E-state index is 0.200. The van der Waals surface area contributed by atoms with Crippen molar-refractivity contribution in [2.45, 2.75) is 26.3 Å². The van der Waals surface area contributed by atoms with Gasteiger partial charge in [0.25, 0.3) is 0 Å². The zero-order valence-electron chi connectivity index (χ0n) is 8.99. The van der Waals surface area contributed by atoms with Gasteiger partial charge in [0, 0.05) is 13.2 Å². The van der Waals surface area contributed by atoms with E-state index in [-0.39, 0.29) is 6.04 Å². The lowest BCUT2D eigenvalue weighted by molar-refractivity contribution is 0.412. The molecule has 14 heavy (non-hydrogen) atoms. The van der Waals surface area contributed by atoms with Crippen molar-refractivity contribution >= 4 is 0 Å². The third kappa shape index (κ3) is 1.55. The molecule has 0 aromatic carbocycles. The summed E-state index contributed by atoms with van der Waals surface area (Å²) in [6, 6.07) is 2.23. The fourth-order valence-corrected chi connectivity index (χ4v) is 2.08. The Morgan fingerprint density at radius 2 is 2.36 bits per heavy atom. The van der Waals surface area contributed by atoms with Crippen LogP contribution in [0.15, 0.2) is 12.3 Å². The Hall–Kier alpha value is -0.870. The first-order valence-corrected chi connectivity index (χ1v) is 5.00. The van der Waals surface area contributed by atoms with Gasteiger partial charge in [-0.15, -0.1) is 0 Å². The molecule has 4 nitrogen and oxygen atoms in total. The van der Waals surface area contributed by atoms with E-state index in [1.165, 1.54) is 6.42 Å². The van der Waals surface area contributed by atoms with Crippen LogP contribution in [0.3, 0.4) is 0 Å². The van der Waals surface area contributed by atoms with E-state index in [2.05, 4.69) is 24.4 Å². The summed E-state index contributed by atoms with van der Waals surface area (Å²) >= 11 is 0. The van der Waals surface area contributed by atoms with Crippen LogP contribution in [-0.2, 0) is 7.05 Å². The summed E-state index contributed by atoms with van der Waals surface area (Å²) in [6.07, 6.45) is 3.17. The van der Waals surface area contributed by atoms with Crippen molar-refractivity contribution in [3.63, 3.8) is 0 Å². The Bertz CT molecular complexity index is 329. The van der Waals surface area contributed by atoms with Crippen LogP contribution < -0.4 is 11.3 Å². The number of aromatic nitrogens is 2. The van der Waals surface area contributed by atoms with Gasteiger partial charge in [-0.05, 0) is 23.8 Å². The van der Waals surface area contributed by atoms with Gasteiger partial charge in [0.2, 0.25) is 0 Å². The molecule has 1 saturated carbocycles. The number of nitrogens with one attached hydrogen (secondary N) is 1. The van der Waals surface area contributed by atoms with E-state index >= 15 is 0 Å². The average molecular weight is 194 g/mol. The average Bonchev–Trinajstić information content (AvgIpc) is 2.56. The molecular weight excluding hydrogens is 176 g/mol. The fourth-order valence-electron chi connectivity index (χ4n) is 2.08. The number of nitrogens with zero attached hydrogens (tertiary/aromatic N) is 2. The highest BCUT2D eigenvalue weighted by Gasteiger charge is 2.50. The second kappa shape index (κ2) is 3.07. The number of hydrogen-bond acceptors (Lipinski definition) is 3. The van der Waals surface area contributed by atoms with Crippen molar-refractivity contribution < 1.29 is 0 Å². The van der Waals surface area contributed by atoms with Gasteiger partial charge in [-0.25, -0.2) is 0 Å². The molecule has 3 N–H and O–H groups in total. The van der Waals surface area contributed by atoms with E-state index in [1.807, 2.05) is 24.0 Å². The maximum atomic E-state index is 5.58. The summed E-state index contributed by atoms with van der Waals surface area (Å²) in [5, 5.41) is 4.38. The first kappa shape index (κ1) is 9.68. The molecule has 1 aromatic heterocycles. The lowest BCUT2D eigenvalue weighted by Crippen LogP contribution is -2.31. The van der Waals surface area contributed by atoms with E-state index in [4.69, 9.17) is 5.84 Å². The number of aryl methyl sites for hydroxylation is 1. The molecule has 0 radical (unpaired) electrons. The van der Waals surface area contributed by atoms with Gasteiger partial charge in [0.05, 0.1) is 11.7 Å². The molecule has 0 spiro atoms. The SMILES string of the molecule is Cn1ccc(C(NN)C2CC2(C)C)n1. The lowest BCUT2D eigenvalue weighted by atomic mass is 10.0. The zero-order chi connectivity index (χ0) is 10.3. The third-order valence-electron chi connectivity index (χ3n) is 3.22. The van der Waals surface area contributed by atoms with Gasteiger partial charge >= 0.3 is 0 Å². The lowest BCUT2D eigenvalue weighted by Gasteiger charge is -2.14. The summed E-state index contributed by atoms with van der Waals surface area (Å²) in [7, 11) is 1.93. The van der Waals surface area contributed by atoms with Crippen molar-refractivity contribution in [2.75, 3.05) is 0 Å². The highest BCUT2D eigenvalue weighted by atomic mass is 15.3. The predicted molar refractivity (Wildman–Crippen MR) is 55.2 cm³/mol. The number of nitrogens with two attached hydrogens (primary N) is 1. The topological polar surface area (TPSA) is 55.9 Å². The molecule has 1 aliphatic rings. The van der Waals surface area contributed by atoms with Crippen LogP contribution in [0, 0.1) is 11.3 Å². The molecule has 2 atom stereocenters. The quantitative estimate of drug-likeness (QED) is 0.557. The molecular formula is C10H18N4. The highest BCUT2D eigenvalue weighted by Crippen LogP contribution is 2.57. The first-order chi connectivity index (χ1) is 6.54. The second-order valence-electron chi connectivity index (χ2n) is 4.86. The maximum Gasteiger partial charge on any atom is 0.0810 e. The fraction of sp³-hybridized carbons (Fsp3) is 0.700. The Balaban J connectivity index is 2.15. The molecule has 1 fully saturated rings. The molecule has 0 bridgehead atoms. The van der Waals surface area contributed by atoms with Crippen molar-refractivity contribution in [1.29, 1.82) is 0 Å². The van der Waals surface area contributed by atoms with Crippen LogP contribution >= 0.6 is 0 Å². The summed E-state index contributed by atoms with van der Waals surface area (Å²) in [5.74, 6) is 6.19. The van der Waals surface area contributed by atoms with E-state index in [0.29, 0.717) is 11.3 Å². The molecule has 2 rings (SSSR count). The third-order valence-corrected chi connectivity index (χ3v) is 3.22. The smallest absolute Gasteiger partial charge is 0.0810 e. The molecule has 0 saturated heterocycles. The highest BCUT2D eigenvalue weighted by molar-refractivity contribution is 5.13. The number of rotatable bonds is 3. The second-order valence-corrected chi connectivity index (χ2v) is 4.86. The van der Waals surface area contributed by atoms with Crippen molar-refractivity contribution in [3.05, 3.63) is 18.0 Å². The summed E-state index contributed by atoms with van der Waals surface area (Å²) in [5.41, 5.74) is 4.33. The maximum absolute atomic E-state index is 5.58. The van der Waals surface area contributed by atoms with Gasteiger partial charge in [-0.3, -0.25) is 16.0 Å². The Kier molecular flexibility index (Phi) is 2.12. The van der Waals surface area contributed by atoms with Gasteiger partial charge in [0.1, 0.15) is 0 Å². The van der Waals surface area contributed by atoms with E-state index in [0.717, 1.165) is 5.69 Å². The van der Waals surface area contributed by atoms with Gasteiger partial charge in [0.15, 0.2) is 0 Å². The Morgan fingerprint density at radius 3 is 2.71 bits per heavy atom. The van der Waals surface area contributed by atoms with Crippen molar-refractivity contribution in [3.8, 4) is 0 Å². The number of hydrazine groups is 1. The van der Waals surface area contributed by atoms with Crippen LogP contribution in [-0.4, -0.2) is 9.78 Å².